The van der Waals surface area contributed by atoms with E-state index in [9.17, 15) is 12.8 Å². The Hall–Kier alpha value is -0.200. The van der Waals surface area contributed by atoms with Gasteiger partial charge in [-0.05, 0) is 33.4 Å². The van der Waals surface area contributed by atoms with Gasteiger partial charge in [-0.25, -0.2) is 4.39 Å². The van der Waals surface area contributed by atoms with E-state index in [2.05, 4.69) is 19.2 Å². The van der Waals surface area contributed by atoms with E-state index in [-0.39, 0.29) is 13.0 Å². The third-order valence-electron chi connectivity index (χ3n) is 5.09. The molecule has 1 unspecified atom stereocenters. The van der Waals surface area contributed by atoms with E-state index in [1.54, 1.807) is 0 Å². The number of unbranched alkanes of at least 4 members (excludes halogenated alkanes) is 15. The predicted molar refractivity (Wildman–Crippen MR) is 129 cm³/mol. The van der Waals surface area contributed by atoms with Crippen LogP contribution >= 0.6 is 0 Å². The molecule has 0 saturated heterocycles. The average Bonchev–Trinajstić information content (AvgIpc) is 2.71. The Morgan fingerprint density at radius 1 is 0.667 bits per heavy atom. The van der Waals surface area contributed by atoms with Crippen molar-refractivity contribution in [3.63, 3.8) is 0 Å². The van der Waals surface area contributed by atoms with Crippen molar-refractivity contribution in [1.82, 2.24) is 5.32 Å². The van der Waals surface area contributed by atoms with Crippen molar-refractivity contribution in [3.8, 4) is 0 Å². The molecule has 0 aromatic rings. The van der Waals surface area contributed by atoms with Crippen LogP contribution in [0.15, 0.2) is 0 Å². The van der Waals surface area contributed by atoms with Gasteiger partial charge >= 0.3 is 0 Å². The molecule has 0 aromatic heterocycles. The lowest BCUT2D eigenvalue weighted by Gasteiger charge is -2.10. The lowest BCUT2D eigenvalue weighted by Crippen LogP contribution is -2.19. The van der Waals surface area contributed by atoms with Crippen LogP contribution in [0.1, 0.15) is 129 Å². The highest BCUT2D eigenvalue weighted by atomic mass is 32.2. The highest BCUT2D eigenvalue weighted by Gasteiger charge is 2.25. The van der Waals surface area contributed by atoms with Crippen molar-refractivity contribution in [3.05, 3.63) is 0 Å². The molecule has 0 fully saturated rings. The van der Waals surface area contributed by atoms with Crippen molar-refractivity contribution in [2.75, 3.05) is 20.7 Å². The number of rotatable bonds is 21. The predicted octanol–water partition coefficient (Wildman–Crippen LogP) is 7.53. The molecular formula is C24H52FNO3S. The summed E-state index contributed by atoms with van der Waals surface area (Å²) in [4.78, 5) is 0. The number of hydrogen-bond acceptors (Lipinski definition) is 4. The fourth-order valence-electron chi connectivity index (χ4n) is 3.24. The van der Waals surface area contributed by atoms with Crippen LogP contribution < -0.4 is 5.32 Å². The van der Waals surface area contributed by atoms with E-state index in [1.807, 2.05) is 14.1 Å². The fraction of sp³-hybridized carbons (Fsp3) is 1.00. The average molecular weight is 454 g/mol. The van der Waals surface area contributed by atoms with Crippen LogP contribution in [0.4, 0.5) is 4.39 Å². The Kier molecular flexibility index (Phi) is 26.7. The fourth-order valence-corrected chi connectivity index (χ4v) is 4.20. The van der Waals surface area contributed by atoms with Gasteiger partial charge in [0, 0.05) is 0 Å². The number of nitrogens with one attached hydrogen (secondary N) is 1. The van der Waals surface area contributed by atoms with Crippen LogP contribution in [0.25, 0.3) is 0 Å². The first-order valence-corrected chi connectivity index (χ1v) is 14.0. The van der Waals surface area contributed by atoms with Crippen molar-refractivity contribution >= 4 is 10.1 Å². The van der Waals surface area contributed by atoms with Gasteiger partial charge in [0.2, 0.25) is 5.50 Å². The molecular weight excluding hydrogens is 401 g/mol. The maximum atomic E-state index is 13.9. The molecule has 6 heteroatoms. The highest BCUT2D eigenvalue weighted by Crippen LogP contribution is 2.17. The molecule has 0 amide bonds. The van der Waals surface area contributed by atoms with Crippen molar-refractivity contribution < 1.29 is 17.0 Å². The van der Waals surface area contributed by atoms with E-state index < -0.39 is 15.6 Å². The van der Waals surface area contributed by atoms with Gasteiger partial charge in [0.15, 0.2) is 0 Å². The Morgan fingerprint density at radius 2 is 1.00 bits per heavy atom. The minimum atomic E-state index is -4.04. The Labute approximate surface area is 188 Å². The van der Waals surface area contributed by atoms with E-state index in [1.165, 1.54) is 64.2 Å². The first kappa shape index (κ1) is 32.0. The van der Waals surface area contributed by atoms with Gasteiger partial charge in [0.05, 0.1) is 6.61 Å². The quantitative estimate of drug-likeness (QED) is 0.144. The number of alkyl halides is 1. The molecule has 30 heavy (non-hydrogen) atoms. The molecule has 184 valence electrons. The van der Waals surface area contributed by atoms with Crippen LogP contribution in [0.3, 0.4) is 0 Å². The zero-order valence-corrected chi connectivity index (χ0v) is 21.3. The van der Waals surface area contributed by atoms with E-state index in [0.29, 0.717) is 12.8 Å². The second kappa shape index (κ2) is 25.1. The third kappa shape index (κ3) is 24.1. The van der Waals surface area contributed by atoms with Crippen LogP contribution in [0.5, 0.6) is 0 Å². The summed E-state index contributed by atoms with van der Waals surface area (Å²) in [5, 5.41) is 2.75. The summed E-state index contributed by atoms with van der Waals surface area (Å²) in [5.74, 6) is 0. The standard InChI is InChI=1S/C22H45FO3S.C2H7N/c1-3-5-7-9-11-12-13-14-15-17-19-21-26-27(24,25)22(23)20-18-16-10-8-6-4-2;1-3-2/h22H,3-21H2,1-2H3;3H,1-2H3. The monoisotopic (exact) mass is 453 g/mol. The summed E-state index contributed by atoms with van der Waals surface area (Å²) in [6, 6.07) is 0. The minimum Gasteiger partial charge on any atom is -0.323 e. The van der Waals surface area contributed by atoms with E-state index in [4.69, 9.17) is 4.18 Å². The van der Waals surface area contributed by atoms with Gasteiger partial charge in [-0.2, -0.15) is 8.42 Å². The van der Waals surface area contributed by atoms with Gasteiger partial charge in [0.25, 0.3) is 10.1 Å². The van der Waals surface area contributed by atoms with Crippen LogP contribution in [-0.4, -0.2) is 34.6 Å². The summed E-state index contributed by atoms with van der Waals surface area (Å²) in [7, 11) is -0.287. The molecule has 0 aliphatic heterocycles. The Balaban J connectivity index is 0. The summed E-state index contributed by atoms with van der Waals surface area (Å²) in [6.45, 7) is 4.51. The molecule has 0 spiro atoms. The molecule has 0 heterocycles. The molecule has 1 atom stereocenters. The van der Waals surface area contributed by atoms with Crippen LogP contribution in [0, 0.1) is 0 Å². The van der Waals surface area contributed by atoms with Crippen molar-refractivity contribution in [2.24, 2.45) is 0 Å². The van der Waals surface area contributed by atoms with Crippen molar-refractivity contribution in [2.45, 2.75) is 135 Å². The van der Waals surface area contributed by atoms with E-state index in [0.717, 1.165) is 32.1 Å². The third-order valence-corrected chi connectivity index (χ3v) is 6.45. The molecule has 0 aliphatic carbocycles. The molecule has 0 aromatic carbocycles. The molecule has 1 N–H and O–H groups in total. The van der Waals surface area contributed by atoms with Crippen LogP contribution in [-0.2, 0) is 14.3 Å². The lowest BCUT2D eigenvalue weighted by atomic mass is 10.1. The molecule has 0 saturated carbocycles. The normalized spacial score (nSPS) is 12.4. The molecule has 0 rings (SSSR count). The summed E-state index contributed by atoms with van der Waals surface area (Å²) >= 11 is 0. The number of hydrogen-bond donors (Lipinski definition) is 1. The molecule has 4 nitrogen and oxygen atoms in total. The van der Waals surface area contributed by atoms with Crippen LogP contribution in [0.2, 0.25) is 0 Å². The summed E-state index contributed by atoms with van der Waals surface area (Å²) in [6.07, 6.45) is 19.3. The zero-order valence-electron chi connectivity index (χ0n) is 20.5. The molecule has 0 aliphatic rings. The Bertz CT molecular complexity index is 419. The first-order chi connectivity index (χ1) is 14.5. The smallest absolute Gasteiger partial charge is 0.299 e. The van der Waals surface area contributed by atoms with Gasteiger partial charge < -0.3 is 5.32 Å². The maximum absolute atomic E-state index is 13.9. The zero-order chi connectivity index (χ0) is 22.9. The van der Waals surface area contributed by atoms with Gasteiger partial charge in [-0.1, -0.05) is 110 Å². The Morgan fingerprint density at radius 3 is 1.40 bits per heavy atom. The molecule has 0 bridgehead atoms. The van der Waals surface area contributed by atoms with Gasteiger partial charge in [-0.3, -0.25) is 4.18 Å². The summed E-state index contributed by atoms with van der Waals surface area (Å²) in [5.41, 5.74) is -1.86. The number of halogens is 1. The lowest BCUT2D eigenvalue weighted by molar-refractivity contribution is 0.270. The van der Waals surface area contributed by atoms with Crippen molar-refractivity contribution in [1.29, 1.82) is 0 Å². The maximum Gasteiger partial charge on any atom is 0.299 e. The largest absolute Gasteiger partial charge is 0.323 e. The van der Waals surface area contributed by atoms with E-state index >= 15 is 0 Å². The topological polar surface area (TPSA) is 55.4 Å². The van der Waals surface area contributed by atoms with Gasteiger partial charge in [0.1, 0.15) is 0 Å². The van der Waals surface area contributed by atoms with Gasteiger partial charge in [-0.15, -0.1) is 0 Å². The molecule has 0 radical (unpaired) electrons. The second-order valence-corrected chi connectivity index (χ2v) is 10.0. The SMILES string of the molecule is CCCCCCCCCCCCCOS(=O)(=O)C(F)CCCCCCCC.CNC. The minimum absolute atomic E-state index is 0.0622. The highest BCUT2D eigenvalue weighted by molar-refractivity contribution is 7.87. The second-order valence-electron chi connectivity index (χ2n) is 8.32. The first-order valence-electron chi connectivity index (χ1n) is 12.6. The summed E-state index contributed by atoms with van der Waals surface area (Å²) < 4.78 is 42.3.